The van der Waals surface area contributed by atoms with E-state index in [2.05, 4.69) is 4.98 Å². The van der Waals surface area contributed by atoms with E-state index in [0.717, 1.165) is 11.8 Å². The highest BCUT2D eigenvalue weighted by Crippen LogP contribution is 2.26. The molecule has 100 valence electrons. The number of para-hydroxylation sites is 2. The quantitative estimate of drug-likeness (QED) is 0.685. The third-order valence-corrected chi connectivity index (χ3v) is 3.29. The van der Waals surface area contributed by atoms with Crippen molar-refractivity contribution in [3.63, 3.8) is 0 Å². The van der Waals surface area contributed by atoms with Gasteiger partial charge in [0.25, 0.3) is 5.56 Å². The fourth-order valence-electron chi connectivity index (χ4n) is 1.71. The molecular formula is C13H14N2O3S. The van der Waals surface area contributed by atoms with Crippen LogP contribution >= 0.6 is 11.8 Å². The topological polar surface area (TPSA) is 64.4 Å². The fourth-order valence-corrected chi connectivity index (χ4v) is 2.45. The van der Waals surface area contributed by atoms with E-state index in [-0.39, 0.29) is 11.4 Å². The molecule has 1 heterocycles. The third-order valence-electron chi connectivity index (χ3n) is 2.47. The van der Waals surface area contributed by atoms with Crippen molar-refractivity contribution in [3.05, 3.63) is 40.7 Å². The molecule has 1 N–H and O–H groups in total. The van der Waals surface area contributed by atoms with Gasteiger partial charge in [-0.1, -0.05) is 30.8 Å². The Bertz CT molecular complexity index is 640. The van der Waals surface area contributed by atoms with Crippen molar-refractivity contribution in [1.82, 2.24) is 9.55 Å². The van der Waals surface area contributed by atoms with E-state index in [9.17, 15) is 9.90 Å². The first-order chi connectivity index (χ1) is 9.17. The predicted molar refractivity (Wildman–Crippen MR) is 74.4 cm³/mol. The Morgan fingerprint density at radius 2 is 2.16 bits per heavy atom. The number of aromatic nitrogens is 2. The lowest BCUT2D eigenvalue weighted by Gasteiger charge is -2.13. The molecular weight excluding hydrogens is 264 g/mol. The molecule has 2 rings (SSSR count). The third kappa shape index (κ3) is 2.73. The SMILES string of the molecule is CCSc1nc(O)cc(=O)n1-c1ccccc1OC. The number of aromatic hydroxyl groups is 1. The number of nitrogens with zero attached hydrogens (tertiary/aromatic N) is 2. The standard InChI is InChI=1S/C13H14N2O3S/c1-3-19-13-14-11(16)8-12(17)15(13)9-6-4-5-7-10(9)18-2/h4-8,16H,3H2,1-2H3. The summed E-state index contributed by atoms with van der Waals surface area (Å²) in [7, 11) is 1.55. The van der Waals surface area contributed by atoms with E-state index in [0.29, 0.717) is 16.6 Å². The Morgan fingerprint density at radius 1 is 1.42 bits per heavy atom. The lowest BCUT2D eigenvalue weighted by Crippen LogP contribution is -2.20. The number of thioether (sulfide) groups is 1. The molecule has 1 aromatic heterocycles. The van der Waals surface area contributed by atoms with E-state index in [1.165, 1.54) is 16.3 Å². The maximum Gasteiger partial charge on any atom is 0.262 e. The summed E-state index contributed by atoms with van der Waals surface area (Å²) in [6.07, 6.45) is 0. The first kappa shape index (κ1) is 13.5. The molecule has 0 spiro atoms. The molecule has 2 aromatic rings. The summed E-state index contributed by atoms with van der Waals surface area (Å²) in [5, 5.41) is 9.89. The van der Waals surface area contributed by atoms with Gasteiger partial charge in [0.05, 0.1) is 18.9 Å². The molecule has 0 aliphatic carbocycles. The number of methoxy groups -OCH3 is 1. The van der Waals surface area contributed by atoms with Crippen molar-refractivity contribution in [2.45, 2.75) is 12.1 Å². The first-order valence-corrected chi connectivity index (χ1v) is 6.75. The van der Waals surface area contributed by atoms with Crippen LogP contribution in [0, 0.1) is 0 Å². The van der Waals surface area contributed by atoms with Crippen LogP contribution < -0.4 is 10.3 Å². The van der Waals surface area contributed by atoms with Crippen LogP contribution in [0.2, 0.25) is 0 Å². The van der Waals surface area contributed by atoms with Gasteiger partial charge >= 0.3 is 0 Å². The van der Waals surface area contributed by atoms with Crippen LogP contribution in [0.15, 0.2) is 40.3 Å². The normalized spacial score (nSPS) is 10.4. The number of rotatable bonds is 4. The second-order valence-corrected chi connectivity index (χ2v) is 4.91. The van der Waals surface area contributed by atoms with Gasteiger partial charge in [0.1, 0.15) is 5.75 Å². The molecule has 0 saturated heterocycles. The van der Waals surface area contributed by atoms with E-state index < -0.39 is 0 Å². The van der Waals surface area contributed by atoms with Gasteiger partial charge in [0, 0.05) is 0 Å². The number of hydrogen-bond donors (Lipinski definition) is 1. The van der Waals surface area contributed by atoms with E-state index >= 15 is 0 Å². The second-order valence-electron chi connectivity index (χ2n) is 3.68. The van der Waals surface area contributed by atoms with Crippen LogP contribution in [0.4, 0.5) is 0 Å². The summed E-state index contributed by atoms with van der Waals surface area (Å²) >= 11 is 1.38. The minimum absolute atomic E-state index is 0.271. The van der Waals surface area contributed by atoms with Gasteiger partial charge in [-0.15, -0.1) is 0 Å². The summed E-state index contributed by atoms with van der Waals surface area (Å²) in [6.45, 7) is 1.95. The van der Waals surface area contributed by atoms with Crippen LogP contribution in [0.25, 0.3) is 5.69 Å². The van der Waals surface area contributed by atoms with E-state index in [4.69, 9.17) is 4.74 Å². The van der Waals surface area contributed by atoms with Crippen LogP contribution in [0.1, 0.15) is 6.92 Å². The Balaban J connectivity index is 2.70. The molecule has 0 unspecified atom stereocenters. The molecule has 0 aliphatic rings. The van der Waals surface area contributed by atoms with E-state index in [1.54, 1.807) is 19.2 Å². The molecule has 0 radical (unpaired) electrons. The van der Waals surface area contributed by atoms with Crippen molar-refractivity contribution in [2.24, 2.45) is 0 Å². The highest BCUT2D eigenvalue weighted by atomic mass is 32.2. The summed E-state index contributed by atoms with van der Waals surface area (Å²) in [5.74, 6) is 1.05. The van der Waals surface area contributed by atoms with E-state index in [1.807, 2.05) is 19.1 Å². The maximum absolute atomic E-state index is 12.1. The zero-order chi connectivity index (χ0) is 13.8. The van der Waals surface area contributed by atoms with Gasteiger partial charge in [0.2, 0.25) is 5.88 Å². The number of ether oxygens (including phenoxy) is 1. The zero-order valence-corrected chi connectivity index (χ0v) is 11.5. The van der Waals surface area contributed by atoms with Gasteiger partial charge < -0.3 is 9.84 Å². The lowest BCUT2D eigenvalue weighted by molar-refractivity contribution is 0.409. The molecule has 0 fully saturated rings. The smallest absolute Gasteiger partial charge is 0.262 e. The predicted octanol–water partition coefficient (Wildman–Crippen LogP) is 2.06. The minimum Gasteiger partial charge on any atom is -0.495 e. The molecule has 6 heteroatoms. The van der Waals surface area contributed by atoms with Crippen LogP contribution in [-0.2, 0) is 0 Å². The van der Waals surface area contributed by atoms with Crippen LogP contribution in [0.5, 0.6) is 11.6 Å². The fraction of sp³-hybridized carbons (Fsp3) is 0.231. The second kappa shape index (κ2) is 5.79. The molecule has 0 atom stereocenters. The average molecular weight is 278 g/mol. The maximum atomic E-state index is 12.1. The molecule has 19 heavy (non-hydrogen) atoms. The molecule has 1 aromatic carbocycles. The van der Waals surface area contributed by atoms with Gasteiger partial charge in [-0.25, -0.2) is 0 Å². The Labute approximate surface area is 114 Å². The largest absolute Gasteiger partial charge is 0.495 e. The summed E-state index contributed by atoms with van der Waals surface area (Å²) in [6, 6.07) is 8.28. The zero-order valence-electron chi connectivity index (χ0n) is 10.7. The number of hydrogen-bond acceptors (Lipinski definition) is 5. The molecule has 0 bridgehead atoms. The highest BCUT2D eigenvalue weighted by molar-refractivity contribution is 7.99. The van der Waals surface area contributed by atoms with Crippen molar-refractivity contribution in [3.8, 4) is 17.3 Å². The summed E-state index contributed by atoms with van der Waals surface area (Å²) in [5.41, 5.74) is 0.270. The monoisotopic (exact) mass is 278 g/mol. The highest BCUT2D eigenvalue weighted by Gasteiger charge is 2.13. The van der Waals surface area contributed by atoms with Crippen molar-refractivity contribution in [1.29, 1.82) is 0 Å². The lowest BCUT2D eigenvalue weighted by atomic mass is 10.3. The Morgan fingerprint density at radius 3 is 2.84 bits per heavy atom. The Hall–Kier alpha value is -1.95. The molecule has 0 saturated carbocycles. The van der Waals surface area contributed by atoms with Crippen LogP contribution in [0.3, 0.4) is 0 Å². The average Bonchev–Trinajstić information content (AvgIpc) is 2.39. The van der Waals surface area contributed by atoms with Gasteiger partial charge in [-0.2, -0.15) is 4.98 Å². The van der Waals surface area contributed by atoms with Gasteiger partial charge in [-0.05, 0) is 17.9 Å². The number of benzene rings is 1. The first-order valence-electron chi connectivity index (χ1n) is 5.76. The Kier molecular flexibility index (Phi) is 4.11. The van der Waals surface area contributed by atoms with Crippen molar-refractivity contribution in [2.75, 3.05) is 12.9 Å². The van der Waals surface area contributed by atoms with Crippen LogP contribution in [-0.4, -0.2) is 27.5 Å². The summed E-state index contributed by atoms with van der Waals surface area (Å²) < 4.78 is 6.70. The minimum atomic E-state index is -0.340. The molecule has 5 nitrogen and oxygen atoms in total. The van der Waals surface area contributed by atoms with Gasteiger partial charge in [-0.3, -0.25) is 9.36 Å². The summed E-state index contributed by atoms with van der Waals surface area (Å²) in [4.78, 5) is 16.1. The molecule has 0 aliphatic heterocycles. The van der Waals surface area contributed by atoms with Crippen molar-refractivity contribution < 1.29 is 9.84 Å². The van der Waals surface area contributed by atoms with Crippen molar-refractivity contribution >= 4 is 11.8 Å². The van der Waals surface area contributed by atoms with Gasteiger partial charge in [0.15, 0.2) is 5.16 Å². The molecule has 0 amide bonds.